The van der Waals surface area contributed by atoms with Gasteiger partial charge in [-0.1, -0.05) is 6.08 Å². The molecular weight excluding hydrogens is 215 g/mol. The fourth-order valence-corrected chi connectivity index (χ4v) is 0.852. The van der Waals surface area contributed by atoms with Crippen LogP contribution >= 0.6 is 22.6 Å². The summed E-state index contributed by atoms with van der Waals surface area (Å²) in [4.78, 5) is 0. The van der Waals surface area contributed by atoms with E-state index < -0.39 is 0 Å². The van der Waals surface area contributed by atoms with E-state index in [9.17, 15) is 0 Å². The Hall–Kier alpha value is -0.0300. The predicted molar refractivity (Wildman–Crippen MR) is 42.4 cm³/mol. The first-order chi connectivity index (χ1) is 3.89. The Morgan fingerprint density at radius 1 is 1.62 bits per heavy atom. The summed E-state index contributed by atoms with van der Waals surface area (Å²) >= 11 is 2.29. The summed E-state index contributed by atoms with van der Waals surface area (Å²) in [6.07, 6.45) is 5.90. The number of nitrogens with one attached hydrogen (secondary N) is 2. The molecule has 0 saturated heterocycles. The quantitative estimate of drug-likeness (QED) is 0.595. The molecule has 0 aliphatic carbocycles. The Labute approximate surface area is 62.1 Å². The molecule has 0 bridgehead atoms. The second-order valence-corrected chi connectivity index (χ2v) is 2.86. The number of hydrogen-bond donors (Lipinski definition) is 2. The average Bonchev–Trinajstić information content (AvgIpc) is 1.94. The molecular formula is C5H7IN2. The molecule has 2 N–H and O–H groups in total. The summed E-state index contributed by atoms with van der Waals surface area (Å²) in [6, 6.07) is 0. The van der Waals surface area contributed by atoms with Crippen LogP contribution in [0.1, 0.15) is 0 Å². The summed E-state index contributed by atoms with van der Waals surface area (Å²) in [7, 11) is 0. The zero-order valence-electron chi connectivity index (χ0n) is 4.32. The maximum Gasteiger partial charge on any atom is 0.0456 e. The number of halogens is 1. The van der Waals surface area contributed by atoms with Crippen LogP contribution in [0.25, 0.3) is 0 Å². The Bertz CT molecular complexity index is 128. The third kappa shape index (κ3) is 1.83. The van der Waals surface area contributed by atoms with Crippen LogP contribution in [0.15, 0.2) is 21.9 Å². The van der Waals surface area contributed by atoms with Crippen LogP contribution in [0.5, 0.6) is 0 Å². The summed E-state index contributed by atoms with van der Waals surface area (Å²) in [5, 5.41) is 0. The zero-order valence-corrected chi connectivity index (χ0v) is 6.47. The lowest BCUT2D eigenvalue weighted by Crippen LogP contribution is -2.26. The molecule has 2 nitrogen and oxygen atoms in total. The molecule has 1 rings (SSSR count). The lowest BCUT2D eigenvalue weighted by atomic mass is 10.5. The number of allylic oxidation sites excluding steroid dienone is 2. The Balaban J connectivity index is 2.52. The van der Waals surface area contributed by atoms with E-state index >= 15 is 0 Å². The van der Waals surface area contributed by atoms with Crippen LogP contribution < -0.4 is 10.9 Å². The fraction of sp³-hybridized carbons (Fsp3) is 0.200. The van der Waals surface area contributed by atoms with Gasteiger partial charge in [0.05, 0.1) is 0 Å². The molecule has 1 aliphatic rings. The van der Waals surface area contributed by atoms with Gasteiger partial charge in [-0.15, -0.1) is 0 Å². The van der Waals surface area contributed by atoms with E-state index in [2.05, 4.69) is 39.5 Å². The third-order valence-electron chi connectivity index (χ3n) is 0.816. The van der Waals surface area contributed by atoms with E-state index in [-0.39, 0.29) is 0 Å². The van der Waals surface area contributed by atoms with Gasteiger partial charge in [0.2, 0.25) is 0 Å². The second-order valence-electron chi connectivity index (χ2n) is 1.47. The van der Waals surface area contributed by atoms with Crippen LogP contribution in [-0.4, -0.2) is 6.54 Å². The van der Waals surface area contributed by atoms with Crippen LogP contribution in [0, 0.1) is 0 Å². The van der Waals surface area contributed by atoms with E-state index in [1.807, 2.05) is 12.3 Å². The van der Waals surface area contributed by atoms with Gasteiger partial charge in [0.25, 0.3) is 0 Å². The van der Waals surface area contributed by atoms with Crippen molar-refractivity contribution in [3.05, 3.63) is 21.9 Å². The van der Waals surface area contributed by atoms with Gasteiger partial charge >= 0.3 is 0 Å². The van der Waals surface area contributed by atoms with Gasteiger partial charge in [-0.25, -0.2) is 5.43 Å². The maximum absolute atomic E-state index is 2.98. The van der Waals surface area contributed by atoms with Crippen LogP contribution in [0.2, 0.25) is 0 Å². The Morgan fingerprint density at radius 2 is 2.50 bits per heavy atom. The van der Waals surface area contributed by atoms with Crippen molar-refractivity contribution in [2.24, 2.45) is 0 Å². The lowest BCUT2D eigenvalue weighted by molar-refractivity contribution is 0.685. The highest BCUT2D eigenvalue weighted by molar-refractivity contribution is 14.1. The molecule has 0 aromatic heterocycles. The Morgan fingerprint density at radius 3 is 3.38 bits per heavy atom. The highest BCUT2D eigenvalue weighted by atomic mass is 127. The number of hydrogen-bond acceptors (Lipinski definition) is 2. The van der Waals surface area contributed by atoms with Gasteiger partial charge in [0.1, 0.15) is 0 Å². The molecule has 1 heterocycles. The first-order valence-electron chi connectivity index (χ1n) is 2.39. The van der Waals surface area contributed by atoms with Gasteiger partial charge in [-0.3, -0.25) is 0 Å². The first-order valence-corrected chi connectivity index (χ1v) is 3.47. The highest BCUT2D eigenvalue weighted by Gasteiger charge is 1.88. The molecule has 0 aromatic carbocycles. The second kappa shape index (κ2) is 3.09. The van der Waals surface area contributed by atoms with Crippen LogP contribution in [-0.2, 0) is 0 Å². The molecule has 0 aromatic rings. The minimum Gasteiger partial charge on any atom is -0.328 e. The number of hydrazine groups is 1. The van der Waals surface area contributed by atoms with Crippen molar-refractivity contribution < 1.29 is 0 Å². The maximum atomic E-state index is 2.98. The van der Waals surface area contributed by atoms with Crippen molar-refractivity contribution in [2.75, 3.05) is 6.54 Å². The lowest BCUT2D eigenvalue weighted by Gasteiger charge is -1.97. The van der Waals surface area contributed by atoms with Gasteiger partial charge < -0.3 is 5.43 Å². The molecule has 0 unspecified atom stereocenters. The zero-order chi connectivity index (χ0) is 5.82. The van der Waals surface area contributed by atoms with E-state index in [4.69, 9.17) is 0 Å². The molecule has 3 heteroatoms. The molecule has 1 aliphatic heterocycles. The fourth-order valence-electron chi connectivity index (χ4n) is 0.454. The van der Waals surface area contributed by atoms with Crippen molar-refractivity contribution in [3.63, 3.8) is 0 Å². The third-order valence-corrected chi connectivity index (χ3v) is 1.56. The smallest absolute Gasteiger partial charge is 0.0456 e. The van der Waals surface area contributed by atoms with E-state index in [1.165, 1.54) is 3.58 Å². The summed E-state index contributed by atoms with van der Waals surface area (Å²) < 4.78 is 1.31. The molecule has 0 atom stereocenters. The van der Waals surface area contributed by atoms with Crippen LogP contribution in [0.4, 0.5) is 0 Å². The minimum absolute atomic E-state index is 0.910. The summed E-state index contributed by atoms with van der Waals surface area (Å²) in [6.45, 7) is 0.910. The van der Waals surface area contributed by atoms with E-state index in [0.717, 1.165) is 6.54 Å². The van der Waals surface area contributed by atoms with Crippen molar-refractivity contribution in [1.82, 2.24) is 10.9 Å². The van der Waals surface area contributed by atoms with E-state index in [0.29, 0.717) is 0 Å². The molecule has 0 fully saturated rings. The molecule has 0 spiro atoms. The molecule has 0 saturated carbocycles. The summed E-state index contributed by atoms with van der Waals surface area (Å²) in [5.74, 6) is 0. The SMILES string of the molecule is IC1=CC=CNNC1. The predicted octanol–water partition coefficient (Wildman–Crippen LogP) is 0.927. The standard InChI is InChI=1S/C5H7IN2/c6-5-2-1-3-7-8-4-5/h1-3,7-8H,4H2. The van der Waals surface area contributed by atoms with E-state index in [1.54, 1.807) is 0 Å². The summed E-state index contributed by atoms with van der Waals surface area (Å²) in [5.41, 5.74) is 5.87. The van der Waals surface area contributed by atoms with Crippen molar-refractivity contribution in [2.45, 2.75) is 0 Å². The monoisotopic (exact) mass is 222 g/mol. The van der Waals surface area contributed by atoms with Gasteiger partial charge in [0.15, 0.2) is 0 Å². The Kier molecular flexibility index (Phi) is 2.35. The molecule has 44 valence electrons. The van der Waals surface area contributed by atoms with Crippen LogP contribution in [0.3, 0.4) is 0 Å². The molecule has 0 amide bonds. The normalized spacial score (nSPS) is 18.9. The van der Waals surface area contributed by atoms with Crippen molar-refractivity contribution in [3.8, 4) is 0 Å². The molecule has 0 radical (unpaired) electrons. The average molecular weight is 222 g/mol. The highest BCUT2D eigenvalue weighted by Crippen LogP contribution is 2.03. The minimum atomic E-state index is 0.910. The van der Waals surface area contributed by atoms with Crippen molar-refractivity contribution in [1.29, 1.82) is 0 Å². The van der Waals surface area contributed by atoms with Gasteiger partial charge in [-0.2, -0.15) is 0 Å². The van der Waals surface area contributed by atoms with Gasteiger partial charge in [-0.05, 0) is 28.7 Å². The van der Waals surface area contributed by atoms with Crippen molar-refractivity contribution >= 4 is 22.6 Å². The first kappa shape index (κ1) is 6.10. The molecule has 8 heavy (non-hydrogen) atoms. The topological polar surface area (TPSA) is 24.1 Å². The van der Waals surface area contributed by atoms with Gasteiger partial charge in [0, 0.05) is 16.3 Å². The number of rotatable bonds is 0. The largest absolute Gasteiger partial charge is 0.328 e.